The molecule has 2 atom stereocenters. The molecule has 1 fully saturated rings. The van der Waals surface area contributed by atoms with Gasteiger partial charge < -0.3 is 5.73 Å². The first-order valence-corrected chi connectivity index (χ1v) is 7.51. The standard InChI is InChI=1S/C15H21Cl2N/c1-2-11-4-3-7-15(18,9-11)10-12-5-6-13(16)8-14(12)17/h5-6,8,11H,2-4,7,9-10,18H2,1H3. The van der Waals surface area contributed by atoms with E-state index >= 15 is 0 Å². The maximum absolute atomic E-state index is 6.57. The van der Waals surface area contributed by atoms with Gasteiger partial charge in [0.05, 0.1) is 0 Å². The molecule has 2 unspecified atom stereocenters. The highest BCUT2D eigenvalue weighted by Crippen LogP contribution is 2.36. The van der Waals surface area contributed by atoms with E-state index in [1.165, 1.54) is 19.3 Å². The largest absolute Gasteiger partial charge is 0.325 e. The van der Waals surface area contributed by atoms with Crippen molar-refractivity contribution in [2.75, 3.05) is 0 Å². The molecule has 100 valence electrons. The summed E-state index contributed by atoms with van der Waals surface area (Å²) in [5.41, 5.74) is 7.61. The van der Waals surface area contributed by atoms with Gasteiger partial charge in [0.2, 0.25) is 0 Å². The lowest BCUT2D eigenvalue weighted by atomic mass is 9.72. The summed E-state index contributed by atoms with van der Waals surface area (Å²) >= 11 is 12.2. The van der Waals surface area contributed by atoms with E-state index in [2.05, 4.69) is 6.92 Å². The van der Waals surface area contributed by atoms with E-state index in [0.29, 0.717) is 5.02 Å². The average molecular weight is 286 g/mol. The molecule has 1 aliphatic rings. The highest BCUT2D eigenvalue weighted by molar-refractivity contribution is 6.35. The molecule has 0 radical (unpaired) electrons. The average Bonchev–Trinajstić information content (AvgIpc) is 2.33. The number of nitrogens with two attached hydrogens (primary N) is 1. The topological polar surface area (TPSA) is 26.0 Å². The van der Waals surface area contributed by atoms with Gasteiger partial charge in [-0.1, -0.05) is 55.5 Å². The van der Waals surface area contributed by atoms with Crippen LogP contribution < -0.4 is 5.73 Å². The Bertz CT molecular complexity index is 419. The van der Waals surface area contributed by atoms with E-state index in [-0.39, 0.29) is 5.54 Å². The van der Waals surface area contributed by atoms with Gasteiger partial charge in [0.1, 0.15) is 0 Å². The molecule has 1 nitrogen and oxygen atoms in total. The lowest BCUT2D eigenvalue weighted by molar-refractivity contribution is 0.218. The fourth-order valence-electron chi connectivity index (χ4n) is 3.08. The fourth-order valence-corrected chi connectivity index (χ4v) is 3.55. The Labute approximate surface area is 120 Å². The Hall–Kier alpha value is -0.240. The van der Waals surface area contributed by atoms with Crippen molar-refractivity contribution < 1.29 is 0 Å². The fraction of sp³-hybridized carbons (Fsp3) is 0.600. The van der Waals surface area contributed by atoms with E-state index in [1.54, 1.807) is 0 Å². The predicted octanol–water partition coefficient (Wildman–Crippen LogP) is 4.83. The second-order valence-electron chi connectivity index (χ2n) is 5.65. The van der Waals surface area contributed by atoms with Crippen LogP contribution in [0.1, 0.15) is 44.6 Å². The van der Waals surface area contributed by atoms with Crippen LogP contribution in [0.5, 0.6) is 0 Å². The predicted molar refractivity (Wildman–Crippen MR) is 79.3 cm³/mol. The summed E-state index contributed by atoms with van der Waals surface area (Å²) in [5, 5.41) is 1.43. The van der Waals surface area contributed by atoms with Crippen LogP contribution in [0.4, 0.5) is 0 Å². The molecule has 3 heteroatoms. The van der Waals surface area contributed by atoms with Gasteiger partial charge in [-0.15, -0.1) is 0 Å². The molecule has 18 heavy (non-hydrogen) atoms. The third-order valence-electron chi connectivity index (χ3n) is 4.12. The summed E-state index contributed by atoms with van der Waals surface area (Å²) in [5.74, 6) is 0.773. The first kappa shape index (κ1) is 14.2. The van der Waals surface area contributed by atoms with Crippen molar-refractivity contribution >= 4 is 23.2 Å². The Balaban J connectivity index is 2.11. The number of hydrogen-bond acceptors (Lipinski definition) is 1. The second-order valence-corrected chi connectivity index (χ2v) is 6.49. The normalized spacial score (nSPS) is 28.3. The van der Waals surface area contributed by atoms with Crippen LogP contribution in [0.3, 0.4) is 0 Å². The molecule has 0 aliphatic heterocycles. The molecule has 1 aromatic carbocycles. The third kappa shape index (κ3) is 3.40. The van der Waals surface area contributed by atoms with Gasteiger partial charge >= 0.3 is 0 Å². The zero-order valence-corrected chi connectivity index (χ0v) is 12.4. The van der Waals surface area contributed by atoms with Crippen molar-refractivity contribution in [2.45, 2.75) is 51.0 Å². The van der Waals surface area contributed by atoms with Gasteiger partial charge in [-0.2, -0.15) is 0 Å². The maximum atomic E-state index is 6.57. The van der Waals surface area contributed by atoms with Crippen molar-refractivity contribution in [3.05, 3.63) is 33.8 Å². The van der Waals surface area contributed by atoms with Crippen LogP contribution in [0.25, 0.3) is 0 Å². The Kier molecular flexibility index (Phi) is 4.58. The molecule has 2 N–H and O–H groups in total. The van der Waals surface area contributed by atoms with Crippen LogP contribution in [0, 0.1) is 5.92 Å². The van der Waals surface area contributed by atoms with Gasteiger partial charge in [-0.25, -0.2) is 0 Å². The molecule has 0 aromatic heterocycles. The summed E-state index contributed by atoms with van der Waals surface area (Å²) in [6.07, 6.45) is 6.86. The lowest BCUT2D eigenvalue weighted by Crippen LogP contribution is -2.46. The molecular weight excluding hydrogens is 265 g/mol. The number of halogens is 2. The Morgan fingerprint density at radius 3 is 2.83 bits per heavy atom. The molecular formula is C15H21Cl2N. The van der Waals surface area contributed by atoms with Gasteiger partial charge in [-0.05, 0) is 42.9 Å². The molecule has 0 bridgehead atoms. The van der Waals surface area contributed by atoms with Crippen molar-refractivity contribution in [3.63, 3.8) is 0 Å². The molecule has 0 saturated heterocycles. The highest BCUT2D eigenvalue weighted by atomic mass is 35.5. The molecule has 0 heterocycles. The van der Waals surface area contributed by atoms with Crippen molar-refractivity contribution in [1.29, 1.82) is 0 Å². The van der Waals surface area contributed by atoms with Crippen molar-refractivity contribution in [3.8, 4) is 0 Å². The SMILES string of the molecule is CCC1CCCC(N)(Cc2ccc(Cl)cc2Cl)C1. The minimum Gasteiger partial charge on any atom is -0.325 e. The quantitative estimate of drug-likeness (QED) is 0.845. The van der Waals surface area contributed by atoms with Crippen LogP contribution in [0.15, 0.2) is 18.2 Å². The molecule has 2 rings (SSSR count). The lowest BCUT2D eigenvalue weighted by Gasteiger charge is -2.38. The Morgan fingerprint density at radius 1 is 1.39 bits per heavy atom. The van der Waals surface area contributed by atoms with Crippen LogP contribution in [0.2, 0.25) is 10.0 Å². The van der Waals surface area contributed by atoms with Crippen LogP contribution in [-0.2, 0) is 6.42 Å². The van der Waals surface area contributed by atoms with Crippen LogP contribution >= 0.6 is 23.2 Å². The Morgan fingerprint density at radius 2 is 2.17 bits per heavy atom. The molecule has 1 aliphatic carbocycles. The minimum atomic E-state index is -0.0869. The molecule has 1 saturated carbocycles. The number of rotatable bonds is 3. The van der Waals surface area contributed by atoms with Crippen LogP contribution in [-0.4, -0.2) is 5.54 Å². The second kappa shape index (κ2) is 5.81. The zero-order chi connectivity index (χ0) is 13.2. The molecule has 0 spiro atoms. The van der Waals surface area contributed by atoms with Gasteiger partial charge in [0.25, 0.3) is 0 Å². The molecule has 1 aromatic rings. The number of hydrogen-bond donors (Lipinski definition) is 1. The van der Waals surface area contributed by atoms with E-state index in [9.17, 15) is 0 Å². The van der Waals surface area contributed by atoms with Crippen molar-refractivity contribution in [2.24, 2.45) is 11.7 Å². The van der Waals surface area contributed by atoms with Gasteiger partial charge in [-0.3, -0.25) is 0 Å². The van der Waals surface area contributed by atoms with E-state index in [4.69, 9.17) is 28.9 Å². The monoisotopic (exact) mass is 285 g/mol. The van der Waals surface area contributed by atoms with Crippen molar-refractivity contribution in [1.82, 2.24) is 0 Å². The van der Waals surface area contributed by atoms with E-state index in [0.717, 1.165) is 35.8 Å². The highest BCUT2D eigenvalue weighted by Gasteiger charge is 2.32. The summed E-state index contributed by atoms with van der Waals surface area (Å²) in [7, 11) is 0. The first-order chi connectivity index (χ1) is 8.52. The minimum absolute atomic E-state index is 0.0869. The number of benzene rings is 1. The third-order valence-corrected chi connectivity index (χ3v) is 4.70. The summed E-state index contributed by atoms with van der Waals surface area (Å²) in [4.78, 5) is 0. The summed E-state index contributed by atoms with van der Waals surface area (Å²) in [6, 6.07) is 5.71. The summed E-state index contributed by atoms with van der Waals surface area (Å²) in [6.45, 7) is 2.26. The first-order valence-electron chi connectivity index (χ1n) is 6.75. The summed E-state index contributed by atoms with van der Waals surface area (Å²) < 4.78 is 0. The maximum Gasteiger partial charge on any atom is 0.0453 e. The molecule has 0 amide bonds. The van der Waals surface area contributed by atoms with Gasteiger partial charge in [0.15, 0.2) is 0 Å². The van der Waals surface area contributed by atoms with E-state index < -0.39 is 0 Å². The van der Waals surface area contributed by atoms with Gasteiger partial charge in [0, 0.05) is 15.6 Å². The van der Waals surface area contributed by atoms with E-state index in [1.807, 2.05) is 18.2 Å². The smallest absolute Gasteiger partial charge is 0.0453 e. The zero-order valence-electron chi connectivity index (χ0n) is 10.9.